The van der Waals surface area contributed by atoms with E-state index in [1.54, 1.807) is 16.8 Å². The maximum atomic E-state index is 10.9. The Kier molecular flexibility index (Phi) is 3.59. The van der Waals surface area contributed by atoms with E-state index in [1.165, 1.54) is 12.1 Å². The summed E-state index contributed by atoms with van der Waals surface area (Å²) in [6, 6.07) is 6.39. The molecule has 1 heterocycles. The van der Waals surface area contributed by atoms with Gasteiger partial charge in [-0.15, -0.1) is 5.10 Å². The normalized spacial score (nSPS) is 11.6. The molecule has 1 aromatic heterocycles. The molecule has 0 amide bonds. The molecule has 2 N–H and O–H groups in total. The zero-order valence-corrected chi connectivity index (χ0v) is 11.7. The molecule has 2 aromatic rings. The van der Waals surface area contributed by atoms with Crippen LogP contribution in [0.3, 0.4) is 0 Å². The first-order valence-corrected chi connectivity index (χ1v) is 6.24. The van der Waals surface area contributed by atoms with Crippen LogP contribution in [0.4, 0.5) is 0 Å². The van der Waals surface area contributed by atoms with Crippen molar-refractivity contribution in [2.24, 2.45) is 0 Å². The molecule has 2 rings (SSSR count). The van der Waals surface area contributed by atoms with Gasteiger partial charge in [0.15, 0.2) is 0 Å². The lowest BCUT2D eigenvalue weighted by Crippen LogP contribution is -2.19. The quantitative estimate of drug-likeness (QED) is 0.891. The number of hydrogen-bond acceptors (Lipinski definition) is 4. The van der Waals surface area contributed by atoms with Crippen LogP contribution in [-0.2, 0) is 12.0 Å². The molecule has 106 valence electrons. The number of hydrogen-bond donors (Lipinski definition) is 2. The van der Waals surface area contributed by atoms with Gasteiger partial charge in [-0.2, -0.15) is 0 Å². The van der Waals surface area contributed by atoms with E-state index in [-0.39, 0.29) is 17.6 Å². The molecule has 1 aromatic carbocycles. The summed E-state index contributed by atoms with van der Waals surface area (Å²) in [4.78, 5) is 10.9. The third-order valence-electron chi connectivity index (χ3n) is 2.96. The van der Waals surface area contributed by atoms with Gasteiger partial charge in [-0.25, -0.2) is 9.48 Å². The number of carboxylic acid groups (broad SMARTS) is 1. The molecule has 0 unspecified atom stereocenters. The number of benzene rings is 1. The summed E-state index contributed by atoms with van der Waals surface area (Å²) in [5, 5.41) is 26.3. The minimum Gasteiger partial charge on any atom is -0.478 e. The number of nitrogens with zero attached hydrogens (tertiary/aromatic N) is 3. The average Bonchev–Trinajstić information content (AvgIpc) is 2.82. The largest absolute Gasteiger partial charge is 0.478 e. The Morgan fingerprint density at radius 1 is 1.25 bits per heavy atom. The highest BCUT2D eigenvalue weighted by atomic mass is 16.4. The predicted molar refractivity (Wildman–Crippen MR) is 72.9 cm³/mol. The molecule has 0 spiro atoms. The molecule has 0 aliphatic carbocycles. The summed E-state index contributed by atoms with van der Waals surface area (Å²) in [6.45, 7) is 5.84. The van der Waals surface area contributed by atoms with E-state index in [9.17, 15) is 9.90 Å². The topological polar surface area (TPSA) is 88.2 Å². The predicted octanol–water partition coefficient (Wildman–Crippen LogP) is 1.76. The van der Waals surface area contributed by atoms with Gasteiger partial charge < -0.3 is 10.2 Å². The van der Waals surface area contributed by atoms with Gasteiger partial charge in [0, 0.05) is 5.41 Å². The Labute approximate surface area is 116 Å². The van der Waals surface area contributed by atoms with E-state index in [0.29, 0.717) is 11.4 Å². The number of aromatic carboxylic acids is 1. The van der Waals surface area contributed by atoms with Crippen molar-refractivity contribution < 1.29 is 15.0 Å². The third-order valence-corrected chi connectivity index (χ3v) is 2.96. The third kappa shape index (κ3) is 2.55. The van der Waals surface area contributed by atoms with E-state index in [2.05, 4.69) is 10.3 Å². The highest BCUT2D eigenvalue weighted by Gasteiger charge is 2.25. The van der Waals surface area contributed by atoms with Crippen LogP contribution in [-0.4, -0.2) is 31.2 Å². The summed E-state index contributed by atoms with van der Waals surface area (Å²) in [5.74, 6) is -0.970. The number of rotatable bonds is 3. The smallest absolute Gasteiger partial charge is 0.335 e. The number of carboxylic acids is 1. The van der Waals surface area contributed by atoms with Gasteiger partial charge >= 0.3 is 5.97 Å². The first-order chi connectivity index (χ1) is 9.34. The van der Waals surface area contributed by atoms with E-state index >= 15 is 0 Å². The van der Waals surface area contributed by atoms with Crippen LogP contribution in [0.25, 0.3) is 5.69 Å². The molecule has 0 fully saturated rings. The second-order valence-corrected chi connectivity index (χ2v) is 5.56. The van der Waals surface area contributed by atoms with Crippen molar-refractivity contribution in [1.29, 1.82) is 0 Å². The Balaban J connectivity index is 2.53. The first kappa shape index (κ1) is 14.2. The number of aliphatic hydroxyl groups is 1. The summed E-state index contributed by atoms with van der Waals surface area (Å²) >= 11 is 0. The molecule has 0 atom stereocenters. The Hall–Kier alpha value is -2.21. The highest BCUT2D eigenvalue weighted by molar-refractivity contribution is 5.87. The van der Waals surface area contributed by atoms with Crippen LogP contribution >= 0.6 is 0 Å². The monoisotopic (exact) mass is 275 g/mol. The summed E-state index contributed by atoms with van der Waals surface area (Å²) in [5.41, 5.74) is 2.02. The summed E-state index contributed by atoms with van der Waals surface area (Å²) in [6.07, 6.45) is 0. The maximum Gasteiger partial charge on any atom is 0.335 e. The fraction of sp³-hybridized carbons (Fsp3) is 0.357. The molecule has 0 saturated carbocycles. The fourth-order valence-electron chi connectivity index (χ4n) is 2.10. The van der Waals surface area contributed by atoms with Crippen LogP contribution in [0, 0.1) is 0 Å². The molecule has 0 saturated heterocycles. The standard InChI is InChI=1S/C14H17N3O3/c1-14(2,3)12-11(8-18)15-16-17(12)10-6-4-9(5-7-10)13(19)20/h4-7,18H,8H2,1-3H3,(H,19,20). The van der Waals surface area contributed by atoms with Crippen LogP contribution in [0.5, 0.6) is 0 Å². The molecule has 0 radical (unpaired) electrons. The molecule has 0 bridgehead atoms. The van der Waals surface area contributed by atoms with Crippen molar-refractivity contribution in [3.05, 3.63) is 41.2 Å². The van der Waals surface area contributed by atoms with Crippen LogP contribution in [0.15, 0.2) is 24.3 Å². The molecule has 6 nitrogen and oxygen atoms in total. The number of aromatic nitrogens is 3. The Morgan fingerprint density at radius 2 is 1.85 bits per heavy atom. The minimum atomic E-state index is -0.970. The minimum absolute atomic E-state index is 0.181. The zero-order valence-electron chi connectivity index (χ0n) is 11.7. The van der Waals surface area contributed by atoms with E-state index in [4.69, 9.17) is 5.11 Å². The molecule has 20 heavy (non-hydrogen) atoms. The lowest BCUT2D eigenvalue weighted by atomic mass is 9.90. The SMILES string of the molecule is CC(C)(C)c1c(CO)nnn1-c1ccc(C(=O)O)cc1. The van der Waals surface area contributed by atoms with Gasteiger partial charge in [0.2, 0.25) is 0 Å². The number of aliphatic hydroxyl groups excluding tert-OH is 1. The molecular formula is C14H17N3O3. The molecule has 6 heteroatoms. The lowest BCUT2D eigenvalue weighted by Gasteiger charge is -2.20. The second kappa shape index (κ2) is 5.05. The first-order valence-electron chi connectivity index (χ1n) is 6.24. The van der Waals surface area contributed by atoms with Crippen molar-refractivity contribution in [2.75, 3.05) is 0 Å². The Morgan fingerprint density at radius 3 is 2.30 bits per heavy atom. The van der Waals surface area contributed by atoms with Crippen LogP contribution < -0.4 is 0 Å². The summed E-state index contributed by atoms with van der Waals surface area (Å²) in [7, 11) is 0. The van der Waals surface area contributed by atoms with Gasteiger partial charge in [-0.05, 0) is 24.3 Å². The van der Waals surface area contributed by atoms with E-state index < -0.39 is 5.97 Å². The maximum absolute atomic E-state index is 10.9. The van der Waals surface area contributed by atoms with Crippen molar-refractivity contribution in [3.8, 4) is 5.69 Å². The van der Waals surface area contributed by atoms with Crippen molar-refractivity contribution in [2.45, 2.75) is 32.8 Å². The van der Waals surface area contributed by atoms with Gasteiger partial charge in [-0.1, -0.05) is 26.0 Å². The van der Waals surface area contributed by atoms with Crippen molar-refractivity contribution in [3.63, 3.8) is 0 Å². The zero-order chi connectivity index (χ0) is 14.9. The van der Waals surface area contributed by atoms with Gasteiger partial charge in [0.05, 0.1) is 23.6 Å². The fourth-order valence-corrected chi connectivity index (χ4v) is 2.10. The van der Waals surface area contributed by atoms with E-state index in [1.807, 2.05) is 20.8 Å². The molecular weight excluding hydrogens is 258 g/mol. The van der Waals surface area contributed by atoms with Gasteiger partial charge in [0.1, 0.15) is 5.69 Å². The Bertz CT molecular complexity index is 624. The average molecular weight is 275 g/mol. The van der Waals surface area contributed by atoms with Crippen LogP contribution in [0.2, 0.25) is 0 Å². The van der Waals surface area contributed by atoms with Crippen molar-refractivity contribution in [1.82, 2.24) is 15.0 Å². The summed E-state index contributed by atoms with van der Waals surface area (Å²) < 4.78 is 1.64. The van der Waals surface area contributed by atoms with Gasteiger partial charge in [0.25, 0.3) is 0 Å². The highest BCUT2D eigenvalue weighted by Crippen LogP contribution is 2.27. The van der Waals surface area contributed by atoms with Crippen molar-refractivity contribution >= 4 is 5.97 Å². The molecule has 0 aliphatic rings. The van der Waals surface area contributed by atoms with Crippen LogP contribution in [0.1, 0.15) is 42.5 Å². The molecule has 0 aliphatic heterocycles. The van der Waals surface area contributed by atoms with Gasteiger partial charge in [-0.3, -0.25) is 0 Å². The van der Waals surface area contributed by atoms with E-state index in [0.717, 1.165) is 5.69 Å². The lowest BCUT2D eigenvalue weighted by molar-refractivity contribution is 0.0697. The number of carbonyl (C=O) groups is 1. The second-order valence-electron chi connectivity index (χ2n) is 5.56.